The molecule has 5 nitrogen and oxygen atoms in total. The van der Waals surface area contributed by atoms with Crippen molar-refractivity contribution in [3.8, 4) is 6.07 Å². The van der Waals surface area contributed by atoms with Crippen LogP contribution in [-0.4, -0.2) is 30.8 Å². The molecule has 0 spiro atoms. The summed E-state index contributed by atoms with van der Waals surface area (Å²) in [6.45, 7) is 6.18. The van der Waals surface area contributed by atoms with Crippen LogP contribution in [-0.2, 0) is 17.8 Å². The first-order valence-corrected chi connectivity index (χ1v) is 8.26. The number of hydrogen-bond donors (Lipinski definition) is 1. The number of ether oxygens (including phenoxy) is 1. The molecule has 1 aromatic heterocycles. The van der Waals surface area contributed by atoms with Gasteiger partial charge in [-0.05, 0) is 36.2 Å². The lowest BCUT2D eigenvalue weighted by molar-refractivity contribution is 0.0529. The van der Waals surface area contributed by atoms with Gasteiger partial charge >= 0.3 is 0 Å². The number of nitrogens with zero attached hydrogens (tertiary/aromatic N) is 3. The molecule has 1 fully saturated rings. The Bertz CT molecular complexity index is 697. The number of morpholine rings is 1. The molecule has 1 saturated heterocycles. The highest BCUT2D eigenvalue weighted by Gasteiger charge is 2.17. The maximum Gasteiger partial charge on any atom is 0.128 e. The summed E-state index contributed by atoms with van der Waals surface area (Å²) in [4.78, 5) is 6.85. The van der Waals surface area contributed by atoms with Crippen molar-refractivity contribution in [2.75, 3.05) is 24.6 Å². The number of rotatable bonds is 5. The van der Waals surface area contributed by atoms with Crippen LogP contribution in [0.2, 0.25) is 0 Å². The molecule has 6 heteroatoms. The van der Waals surface area contributed by atoms with Gasteiger partial charge in [-0.3, -0.25) is 0 Å². The Kier molecular flexibility index (Phi) is 7.20. The second kappa shape index (κ2) is 9.38. The van der Waals surface area contributed by atoms with Crippen molar-refractivity contribution >= 4 is 18.2 Å². The average Bonchev–Trinajstić information content (AvgIpc) is 2.63. The summed E-state index contributed by atoms with van der Waals surface area (Å²) in [5.41, 5.74) is 3.02. The summed E-state index contributed by atoms with van der Waals surface area (Å²) in [6, 6.07) is 14.0. The van der Waals surface area contributed by atoms with Crippen molar-refractivity contribution in [3.05, 3.63) is 59.3 Å². The minimum Gasteiger partial charge on any atom is -0.375 e. The molecule has 1 aliphatic heterocycles. The van der Waals surface area contributed by atoms with Gasteiger partial charge in [0.2, 0.25) is 0 Å². The number of nitrogens with one attached hydrogen (secondary N) is 1. The number of aromatic nitrogens is 1. The number of anilines is 1. The van der Waals surface area contributed by atoms with E-state index < -0.39 is 0 Å². The van der Waals surface area contributed by atoms with E-state index >= 15 is 0 Å². The Morgan fingerprint density at radius 1 is 1.20 bits per heavy atom. The second-order valence-electron chi connectivity index (χ2n) is 6.06. The number of nitriles is 1. The fraction of sp³-hybridized carbons (Fsp3) is 0.368. The van der Waals surface area contributed by atoms with E-state index in [9.17, 15) is 0 Å². The highest BCUT2D eigenvalue weighted by molar-refractivity contribution is 5.85. The van der Waals surface area contributed by atoms with Crippen LogP contribution in [0.4, 0.5) is 5.82 Å². The summed E-state index contributed by atoms with van der Waals surface area (Å²) in [5.74, 6) is 1.01. The van der Waals surface area contributed by atoms with Crippen LogP contribution in [0, 0.1) is 11.3 Å². The lowest BCUT2D eigenvalue weighted by Crippen LogP contribution is -2.41. The third-order valence-electron chi connectivity index (χ3n) is 4.12. The smallest absolute Gasteiger partial charge is 0.128 e. The molecule has 0 radical (unpaired) electrons. The summed E-state index contributed by atoms with van der Waals surface area (Å²) in [7, 11) is 0. The molecule has 2 aromatic rings. The monoisotopic (exact) mass is 358 g/mol. The zero-order chi connectivity index (χ0) is 16.8. The quantitative estimate of drug-likeness (QED) is 0.890. The summed E-state index contributed by atoms with van der Waals surface area (Å²) in [6.07, 6.45) is 2.19. The highest BCUT2D eigenvalue weighted by atomic mass is 35.5. The second-order valence-corrected chi connectivity index (χ2v) is 6.06. The van der Waals surface area contributed by atoms with Crippen molar-refractivity contribution in [2.24, 2.45) is 0 Å². The SMILES string of the molecule is CC1CN(c2ccc(CNCc3ccc(C#N)cc3)cn2)CCO1.Cl. The van der Waals surface area contributed by atoms with Gasteiger partial charge in [0.15, 0.2) is 0 Å². The topological polar surface area (TPSA) is 61.2 Å². The molecule has 132 valence electrons. The van der Waals surface area contributed by atoms with Crippen LogP contribution in [0.5, 0.6) is 0 Å². The molecule has 1 unspecified atom stereocenters. The predicted molar refractivity (Wildman–Crippen MR) is 101 cm³/mol. The first-order chi connectivity index (χ1) is 11.7. The van der Waals surface area contributed by atoms with Gasteiger partial charge in [0.05, 0.1) is 24.3 Å². The maximum atomic E-state index is 8.80. The lowest BCUT2D eigenvalue weighted by atomic mass is 10.1. The Hall–Kier alpha value is -2.13. The standard InChI is InChI=1S/C19H22N4O.ClH/c1-15-14-23(8-9-24-15)19-7-6-18(13-22-19)12-21-11-17-4-2-16(10-20)3-5-17;/h2-7,13,15,21H,8-9,11-12,14H2,1H3;1H. The fourth-order valence-corrected chi connectivity index (χ4v) is 2.78. The molecular weight excluding hydrogens is 336 g/mol. The lowest BCUT2D eigenvalue weighted by Gasteiger charge is -2.32. The van der Waals surface area contributed by atoms with Crippen molar-refractivity contribution in [2.45, 2.75) is 26.1 Å². The molecule has 25 heavy (non-hydrogen) atoms. The van der Waals surface area contributed by atoms with E-state index in [0.717, 1.165) is 44.2 Å². The molecule has 0 aliphatic carbocycles. The summed E-state index contributed by atoms with van der Waals surface area (Å²) in [5, 5.41) is 12.2. The third-order valence-corrected chi connectivity index (χ3v) is 4.12. The fourth-order valence-electron chi connectivity index (χ4n) is 2.78. The van der Waals surface area contributed by atoms with Crippen LogP contribution >= 0.6 is 12.4 Å². The molecule has 1 N–H and O–H groups in total. The molecule has 2 heterocycles. The molecule has 3 rings (SSSR count). The first-order valence-electron chi connectivity index (χ1n) is 8.26. The van der Waals surface area contributed by atoms with Gasteiger partial charge in [0.25, 0.3) is 0 Å². The van der Waals surface area contributed by atoms with Crippen LogP contribution in [0.25, 0.3) is 0 Å². The molecule has 1 atom stereocenters. The van der Waals surface area contributed by atoms with E-state index in [2.05, 4.69) is 40.3 Å². The number of hydrogen-bond acceptors (Lipinski definition) is 5. The van der Waals surface area contributed by atoms with Crippen molar-refractivity contribution in [1.82, 2.24) is 10.3 Å². The van der Waals surface area contributed by atoms with Gasteiger partial charge in [-0.15, -0.1) is 12.4 Å². The molecule has 0 amide bonds. The van der Waals surface area contributed by atoms with E-state index in [4.69, 9.17) is 10.00 Å². The maximum absolute atomic E-state index is 8.80. The minimum atomic E-state index is 0. The summed E-state index contributed by atoms with van der Waals surface area (Å²) >= 11 is 0. The average molecular weight is 359 g/mol. The van der Waals surface area contributed by atoms with Gasteiger partial charge in [0, 0.05) is 32.4 Å². The highest BCUT2D eigenvalue weighted by Crippen LogP contribution is 2.15. The van der Waals surface area contributed by atoms with Gasteiger partial charge in [-0.2, -0.15) is 5.26 Å². The minimum absolute atomic E-state index is 0. The Morgan fingerprint density at radius 3 is 2.56 bits per heavy atom. The molecule has 1 aromatic carbocycles. The third kappa shape index (κ3) is 5.43. The number of benzene rings is 1. The molecular formula is C19H23ClN4O. The van der Waals surface area contributed by atoms with E-state index in [1.54, 1.807) is 0 Å². The van der Waals surface area contributed by atoms with Crippen LogP contribution in [0.15, 0.2) is 42.6 Å². The van der Waals surface area contributed by atoms with Crippen LogP contribution in [0.3, 0.4) is 0 Å². The number of halogens is 1. The predicted octanol–water partition coefficient (Wildman–Crippen LogP) is 2.89. The van der Waals surface area contributed by atoms with Crippen molar-refractivity contribution < 1.29 is 4.74 Å². The molecule has 0 bridgehead atoms. The zero-order valence-corrected chi connectivity index (χ0v) is 15.1. The Labute approximate surface area is 155 Å². The largest absolute Gasteiger partial charge is 0.375 e. The normalized spacial score (nSPS) is 16.8. The van der Waals surface area contributed by atoms with E-state index in [1.165, 1.54) is 5.56 Å². The molecule has 0 saturated carbocycles. The van der Waals surface area contributed by atoms with Crippen molar-refractivity contribution in [3.63, 3.8) is 0 Å². The molecule has 1 aliphatic rings. The summed E-state index contributed by atoms with van der Waals surface area (Å²) < 4.78 is 5.57. The van der Waals surface area contributed by atoms with E-state index in [1.807, 2.05) is 30.5 Å². The van der Waals surface area contributed by atoms with Gasteiger partial charge in [-0.25, -0.2) is 4.98 Å². The first kappa shape index (κ1) is 19.2. The van der Waals surface area contributed by atoms with E-state index in [-0.39, 0.29) is 18.5 Å². The number of pyridine rings is 1. The van der Waals surface area contributed by atoms with Crippen molar-refractivity contribution in [1.29, 1.82) is 5.26 Å². The van der Waals surface area contributed by atoms with Gasteiger partial charge in [-0.1, -0.05) is 18.2 Å². The van der Waals surface area contributed by atoms with E-state index in [0.29, 0.717) is 5.56 Å². The Balaban J connectivity index is 0.00000225. The van der Waals surface area contributed by atoms with Crippen LogP contribution < -0.4 is 10.2 Å². The van der Waals surface area contributed by atoms with Gasteiger partial charge in [0.1, 0.15) is 5.82 Å². The Morgan fingerprint density at radius 2 is 1.92 bits per heavy atom. The van der Waals surface area contributed by atoms with Crippen LogP contribution in [0.1, 0.15) is 23.6 Å². The zero-order valence-electron chi connectivity index (χ0n) is 14.3. The van der Waals surface area contributed by atoms with Gasteiger partial charge < -0.3 is 15.0 Å².